The summed E-state index contributed by atoms with van der Waals surface area (Å²) in [6.45, 7) is 0. The monoisotopic (exact) mass is 160 g/mol. The van der Waals surface area contributed by atoms with Crippen LogP contribution in [-0.2, 0) is 0 Å². The van der Waals surface area contributed by atoms with Crippen molar-refractivity contribution in [3.05, 3.63) is 12.0 Å². The summed E-state index contributed by atoms with van der Waals surface area (Å²) in [7, 11) is 0. The zero-order valence-electron chi connectivity index (χ0n) is 5.94. The van der Waals surface area contributed by atoms with Crippen LogP contribution in [0.25, 0.3) is 11.2 Å². The molecule has 6 heteroatoms. The Labute approximate surface area is 67.1 Å². The van der Waals surface area contributed by atoms with E-state index in [-0.39, 0.29) is 11.6 Å². The lowest BCUT2D eigenvalue weighted by atomic mass is 10.4. The van der Waals surface area contributed by atoms with E-state index in [4.69, 9.17) is 11.0 Å². The van der Waals surface area contributed by atoms with Gasteiger partial charge in [0.25, 0.3) is 0 Å². The van der Waals surface area contributed by atoms with Crippen LogP contribution in [-0.4, -0.2) is 19.9 Å². The van der Waals surface area contributed by atoms with Gasteiger partial charge in [0.05, 0.1) is 6.33 Å². The number of aromatic nitrogens is 4. The van der Waals surface area contributed by atoms with E-state index in [2.05, 4.69) is 19.9 Å². The third-order valence-electron chi connectivity index (χ3n) is 1.41. The minimum atomic E-state index is 0.0613. The van der Waals surface area contributed by atoms with E-state index in [1.54, 1.807) is 0 Å². The highest BCUT2D eigenvalue weighted by Crippen LogP contribution is 2.10. The fourth-order valence-electron chi connectivity index (χ4n) is 0.931. The van der Waals surface area contributed by atoms with Crippen molar-refractivity contribution in [3.8, 4) is 6.07 Å². The van der Waals surface area contributed by atoms with Crippen molar-refractivity contribution in [3.63, 3.8) is 0 Å². The second-order valence-electron chi connectivity index (χ2n) is 2.14. The molecule has 0 spiro atoms. The Bertz CT molecular complexity index is 464. The molecule has 0 bridgehead atoms. The Morgan fingerprint density at radius 1 is 1.50 bits per heavy atom. The number of nitrogens with one attached hydrogen (secondary N) is 1. The van der Waals surface area contributed by atoms with Gasteiger partial charge in [0.2, 0.25) is 5.95 Å². The molecule has 2 rings (SSSR count). The highest BCUT2D eigenvalue weighted by atomic mass is 15.1. The SMILES string of the molecule is N#Cc1nc(N)nc2nc[nH]c12. The molecular weight excluding hydrogens is 156 g/mol. The van der Waals surface area contributed by atoms with Gasteiger partial charge < -0.3 is 10.7 Å². The molecule has 0 fully saturated rings. The molecule has 3 N–H and O–H groups in total. The Balaban J connectivity index is 2.91. The van der Waals surface area contributed by atoms with Crippen LogP contribution in [0.3, 0.4) is 0 Å². The van der Waals surface area contributed by atoms with E-state index in [1.807, 2.05) is 6.07 Å². The molecule has 12 heavy (non-hydrogen) atoms. The lowest BCUT2D eigenvalue weighted by molar-refractivity contribution is 1.19. The zero-order chi connectivity index (χ0) is 8.55. The van der Waals surface area contributed by atoms with Crippen molar-refractivity contribution in [1.82, 2.24) is 19.9 Å². The molecule has 2 aromatic rings. The Hall–Kier alpha value is -2.16. The largest absolute Gasteiger partial charge is 0.368 e. The predicted molar refractivity (Wildman–Crippen MR) is 40.8 cm³/mol. The maximum absolute atomic E-state index is 8.63. The molecule has 0 radical (unpaired) electrons. The van der Waals surface area contributed by atoms with Crippen molar-refractivity contribution in [2.24, 2.45) is 0 Å². The quantitative estimate of drug-likeness (QED) is 0.555. The van der Waals surface area contributed by atoms with E-state index in [0.717, 1.165) is 0 Å². The number of anilines is 1. The van der Waals surface area contributed by atoms with Crippen molar-refractivity contribution in [2.75, 3.05) is 5.73 Å². The molecule has 2 heterocycles. The second-order valence-corrected chi connectivity index (χ2v) is 2.14. The Kier molecular flexibility index (Phi) is 1.18. The molecule has 2 aromatic heterocycles. The van der Waals surface area contributed by atoms with Crippen LogP contribution < -0.4 is 5.73 Å². The van der Waals surface area contributed by atoms with Crippen LogP contribution in [0.5, 0.6) is 0 Å². The number of nitriles is 1. The molecule has 0 atom stereocenters. The lowest BCUT2D eigenvalue weighted by Crippen LogP contribution is -1.97. The van der Waals surface area contributed by atoms with Gasteiger partial charge >= 0.3 is 0 Å². The molecule has 6 nitrogen and oxygen atoms in total. The number of nitrogens with zero attached hydrogens (tertiary/aromatic N) is 4. The molecule has 0 aliphatic carbocycles. The first-order valence-corrected chi connectivity index (χ1v) is 3.18. The van der Waals surface area contributed by atoms with Gasteiger partial charge in [0.1, 0.15) is 11.6 Å². The van der Waals surface area contributed by atoms with Gasteiger partial charge in [0.15, 0.2) is 11.3 Å². The van der Waals surface area contributed by atoms with E-state index in [1.165, 1.54) is 6.33 Å². The molecule has 0 saturated heterocycles. The number of aromatic amines is 1. The van der Waals surface area contributed by atoms with Crippen molar-refractivity contribution < 1.29 is 0 Å². The van der Waals surface area contributed by atoms with E-state index in [0.29, 0.717) is 11.2 Å². The standard InChI is InChI=1S/C6H4N6/c7-1-3-4-5(10-2-9-4)12-6(8)11-3/h2H,(H3,8,9,10,11,12). The fraction of sp³-hybridized carbons (Fsp3) is 0. The van der Waals surface area contributed by atoms with Gasteiger partial charge in [-0.25, -0.2) is 4.98 Å². The third-order valence-corrected chi connectivity index (χ3v) is 1.41. The highest BCUT2D eigenvalue weighted by Gasteiger charge is 2.06. The van der Waals surface area contributed by atoms with Crippen LogP contribution in [0.2, 0.25) is 0 Å². The van der Waals surface area contributed by atoms with Gasteiger partial charge in [-0.15, -0.1) is 0 Å². The van der Waals surface area contributed by atoms with Gasteiger partial charge in [-0.05, 0) is 0 Å². The first-order chi connectivity index (χ1) is 5.81. The van der Waals surface area contributed by atoms with E-state index >= 15 is 0 Å². The third kappa shape index (κ3) is 0.769. The molecule has 0 amide bonds. The normalized spacial score (nSPS) is 9.92. The number of hydrogen-bond donors (Lipinski definition) is 2. The predicted octanol–water partition coefficient (Wildman–Crippen LogP) is -0.193. The highest BCUT2D eigenvalue weighted by molar-refractivity contribution is 5.76. The van der Waals surface area contributed by atoms with Gasteiger partial charge in [-0.1, -0.05) is 0 Å². The maximum atomic E-state index is 8.63. The average Bonchev–Trinajstić information content (AvgIpc) is 2.50. The average molecular weight is 160 g/mol. The van der Waals surface area contributed by atoms with Crippen molar-refractivity contribution >= 4 is 17.1 Å². The number of H-pyrrole nitrogens is 1. The number of hydrogen-bond acceptors (Lipinski definition) is 5. The molecule has 0 unspecified atom stereocenters. The zero-order valence-corrected chi connectivity index (χ0v) is 5.94. The number of nitrogen functional groups attached to an aromatic ring is 1. The van der Waals surface area contributed by atoms with E-state index < -0.39 is 0 Å². The van der Waals surface area contributed by atoms with Gasteiger partial charge in [0, 0.05) is 0 Å². The number of imidazole rings is 1. The molecule has 0 aliphatic heterocycles. The summed E-state index contributed by atoms with van der Waals surface area (Å²) < 4.78 is 0. The smallest absolute Gasteiger partial charge is 0.223 e. The number of rotatable bonds is 0. The van der Waals surface area contributed by atoms with Crippen molar-refractivity contribution in [1.29, 1.82) is 5.26 Å². The van der Waals surface area contributed by atoms with E-state index in [9.17, 15) is 0 Å². The molecule has 0 aliphatic rings. The first-order valence-electron chi connectivity index (χ1n) is 3.18. The van der Waals surface area contributed by atoms with Crippen LogP contribution in [0.1, 0.15) is 5.69 Å². The second kappa shape index (κ2) is 2.17. The lowest BCUT2D eigenvalue weighted by Gasteiger charge is -1.92. The number of fused-ring (bicyclic) bond motifs is 1. The minimum absolute atomic E-state index is 0.0613. The summed E-state index contributed by atoms with van der Waals surface area (Å²) >= 11 is 0. The Morgan fingerprint density at radius 2 is 2.33 bits per heavy atom. The van der Waals surface area contributed by atoms with Crippen molar-refractivity contribution in [2.45, 2.75) is 0 Å². The molecule has 0 aromatic carbocycles. The minimum Gasteiger partial charge on any atom is -0.368 e. The van der Waals surface area contributed by atoms with Crippen LogP contribution in [0.15, 0.2) is 6.33 Å². The summed E-state index contributed by atoms with van der Waals surface area (Å²) in [6.07, 6.45) is 1.44. The molecule has 58 valence electrons. The van der Waals surface area contributed by atoms with Crippen LogP contribution in [0.4, 0.5) is 5.95 Å². The Morgan fingerprint density at radius 3 is 3.08 bits per heavy atom. The summed E-state index contributed by atoms with van der Waals surface area (Å²) in [6, 6.07) is 1.89. The first kappa shape index (κ1) is 6.54. The summed E-state index contributed by atoms with van der Waals surface area (Å²) in [4.78, 5) is 14.1. The van der Waals surface area contributed by atoms with Gasteiger partial charge in [-0.2, -0.15) is 15.2 Å². The molecule has 0 saturated carbocycles. The summed E-state index contributed by atoms with van der Waals surface area (Å²) in [5.41, 5.74) is 6.49. The van der Waals surface area contributed by atoms with Crippen LogP contribution >= 0.6 is 0 Å². The maximum Gasteiger partial charge on any atom is 0.223 e. The topological polar surface area (TPSA) is 104 Å². The summed E-state index contributed by atoms with van der Waals surface area (Å²) in [5, 5.41) is 8.63. The number of nitrogens with two attached hydrogens (primary N) is 1. The summed E-state index contributed by atoms with van der Waals surface area (Å²) in [5.74, 6) is 0.0613. The van der Waals surface area contributed by atoms with Gasteiger partial charge in [-0.3, -0.25) is 0 Å². The molecular formula is C6H4N6. The fourth-order valence-corrected chi connectivity index (χ4v) is 0.931. The van der Waals surface area contributed by atoms with Crippen LogP contribution in [0, 0.1) is 11.3 Å².